The van der Waals surface area contributed by atoms with Crippen LogP contribution in [0.2, 0.25) is 5.02 Å². The van der Waals surface area contributed by atoms with Crippen LogP contribution in [0.4, 0.5) is 0 Å². The summed E-state index contributed by atoms with van der Waals surface area (Å²) in [6, 6.07) is 17.2. The predicted octanol–water partition coefficient (Wildman–Crippen LogP) is 6.64. The summed E-state index contributed by atoms with van der Waals surface area (Å²) in [6.45, 7) is 9.42. The Morgan fingerprint density at radius 2 is 1.73 bits per heavy atom. The molecule has 1 saturated carbocycles. The first kappa shape index (κ1) is 20.7. The van der Waals surface area contributed by atoms with Gasteiger partial charge in [0.25, 0.3) is 0 Å². The van der Waals surface area contributed by atoms with E-state index in [1.165, 1.54) is 29.5 Å². The van der Waals surface area contributed by atoms with Crippen molar-refractivity contribution in [2.75, 3.05) is 0 Å². The first-order valence-corrected chi connectivity index (χ1v) is 11.2. The van der Waals surface area contributed by atoms with Gasteiger partial charge in [0.15, 0.2) is 0 Å². The molecule has 0 atom stereocenters. The minimum absolute atomic E-state index is 0.464. The summed E-state index contributed by atoms with van der Waals surface area (Å²) in [4.78, 5) is 0. The largest absolute Gasteiger partial charge is 0.382 e. The van der Waals surface area contributed by atoms with E-state index in [1.807, 2.05) is 12.1 Å². The molecule has 0 unspecified atom stereocenters. The molecule has 3 nitrogen and oxygen atoms in total. The fourth-order valence-corrected chi connectivity index (χ4v) is 4.52. The Morgan fingerprint density at radius 3 is 2.47 bits per heavy atom. The van der Waals surface area contributed by atoms with Gasteiger partial charge in [0, 0.05) is 40.6 Å². The van der Waals surface area contributed by atoms with Gasteiger partial charge in [0.2, 0.25) is 0 Å². The van der Waals surface area contributed by atoms with Crippen molar-refractivity contribution >= 4 is 17.3 Å². The van der Waals surface area contributed by atoms with E-state index in [2.05, 4.69) is 73.0 Å². The third-order valence-corrected chi connectivity index (χ3v) is 6.43. The second kappa shape index (κ2) is 9.09. The lowest BCUT2D eigenvalue weighted by atomic mass is 9.85. The number of rotatable bonds is 6. The van der Waals surface area contributed by atoms with Crippen LogP contribution in [0, 0.1) is 19.8 Å². The molecule has 30 heavy (non-hydrogen) atoms. The Hall–Kier alpha value is -2.52. The minimum atomic E-state index is 0.464. The molecule has 156 valence electrons. The fraction of sp³-hybridized carbons (Fsp3) is 0.346. The number of nitrogens with zero attached hydrogens (tertiary/aromatic N) is 2. The van der Waals surface area contributed by atoms with Gasteiger partial charge in [-0.15, -0.1) is 0 Å². The van der Waals surface area contributed by atoms with Crippen LogP contribution < -0.4 is 5.32 Å². The fourth-order valence-electron chi connectivity index (χ4n) is 4.29. The monoisotopic (exact) mass is 419 g/mol. The van der Waals surface area contributed by atoms with E-state index >= 15 is 0 Å². The molecule has 1 aliphatic rings. The first-order valence-electron chi connectivity index (χ1n) is 10.8. The quantitative estimate of drug-likeness (QED) is 0.485. The molecular weight excluding hydrogens is 390 g/mol. The van der Waals surface area contributed by atoms with Gasteiger partial charge in [-0.25, -0.2) is 0 Å². The molecule has 1 N–H and O–H groups in total. The van der Waals surface area contributed by atoms with Crippen molar-refractivity contribution in [2.45, 2.75) is 52.1 Å². The molecule has 1 aliphatic carbocycles. The van der Waals surface area contributed by atoms with Crippen LogP contribution in [-0.4, -0.2) is 15.8 Å². The molecule has 0 aliphatic heterocycles. The molecule has 1 aromatic heterocycles. The van der Waals surface area contributed by atoms with Gasteiger partial charge in [-0.2, -0.15) is 5.10 Å². The Balaban J connectivity index is 1.29. The Morgan fingerprint density at radius 1 is 1.03 bits per heavy atom. The number of nitrogens with one attached hydrogen (secondary N) is 1. The molecule has 0 bridgehead atoms. The molecule has 0 saturated heterocycles. The lowest BCUT2D eigenvalue weighted by Gasteiger charge is -2.30. The smallest absolute Gasteiger partial charge is 0.0923 e. The second-order valence-corrected chi connectivity index (χ2v) is 9.02. The summed E-state index contributed by atoms with van der Waals surface area (Å²) in [5.41, 5.74) is 6.65. The molecule has 0 radical (unpaired) electrons. The number of hydrogen-bond donors (Lipinski definition) is 1. The second-order valence-electron chi connectivity index (χ2n) is 8.61. The first-order chi connectivity index (χ1) is 14.5. The average molecular weight is 420 g/mol. The normalized spacial score (nSPS) is 18.9. The zero-order valence-corrected chi connectivity index (χ0v) is 18.6. The predicted molar refractivity (Wildman–Crippen MR) is 127 cm³/mol. The molecule has 4 heteroatoms. The molecular formula is C26H30ClN3. The molecule has 1 heterocycles. The zero-order chi connectivity index (χ0) is 21.1. The Kier molecular flexibility index (Phi) is 6.29. The van der Waals surface area contributed by atoms with Gasteiger partial charge in [-0.3, -0.25) is 4.68 Å². The van der Waals surface area contributed by atoms with Crippen LogP contribution in [0.3, 0.4) is 0 Å². The number of hydrogen-bond acceptors (Lipinski definition) is 2. The highest BCUT2D eigenvalue weighted by Crippen LogP contribution is 2.29. The number of aromatic nitrogens is 2. The van der Waals surface area contributed by atoms with Crippen molar-refractivity contribution in [1.82, 2.24) is 15.1 Å². The van der Waals surface area contributed by atoms with Crippen molar-refractivity contribution in [2.24, 2.45) is 5.92 Å². The van der Waals surface area contributed by atoms with Crippen LogP contribution in [0.15, 0.2) is 61.3 Å². The summed E-state index contributed by atoms with van der Waals surface area (Å²) in [5, 5.41) is 9.18. The van der Waals surface area contributed by atoms with Crippen LogP contribution in [0.5, 0.6) is 0 Å². The maximum absolute atomic E-state index is 6.37. The van der Waals surface area contributed by atoms with Crippen LogP contribution in [0.25, 0.3) is 17.0 Å². The minimum Gasteiger partial charge on any atom is -0.382 e. The standard InChI is InChI=1S/C26H30ClN3/c1-18-4-9-22(10-5-18)26-14-15-30(29-26)17-21-7-11-23(12-8-21)28-20(3)24-16-19(2)6-13-25(24)27/h4-6,9-10,13-16,21,23,28H,3,7-8,11-12,17H2,1-2H3. The highest BCUT2D eigenvalue weighted by molar-refractivity contribution is 6.32. The van der Waals surface area contributed by atoms with E-state index in [9.17, 15) is 0 Å². The van der Waals surface area contributed by atoms with Crippen molar-refractivity contribution < 1.29 is 0 Å². The van der Waals surface area contributed by atoms with Gasteiger partial charge < -0.3 is 5.32 Å². The highest BCUT2D eigenvalue weighted by Gasteiger charge is 2.22. The van der Waals surface area contributed by atoms with Crippen LogP contribution >= 0.6 is 11.6 Å². The van der Waals surface area contributed by atoms with E-state index in [0.29, 0.717) is 12.0 Å². The topological polar surface area (TPSA) is 29.9 Å². The summed E-state index contributed by atoms with van der Waals surface area (Å²) in [5.74, 6) is 0.671. The summed E-state index contributed by atoms with van der Waals surface area (Å²) < 4.78 is 2.11. The van der Waals surface area contributed by atoms with E-state index in [4.69, 9.17) is 16.7 Å². The van der Waals surface area contributed by atoms with E-state index in [-0.39, 0.29) is 0 Å². The van der Waals surface area contributed by atoms with Gasteiger partial charge in [-0.05, 0) is 63.6 Å². The molecule has 0 spiro atoms. The molecule has 0 amide bonds. The van der Waals surface area contributed by atoms with Crippen molar-refractivity contribution in [1.29, 1.82) is 0 Å². The molecule has 3 aromatic rings. The molecule has 2 aromatic carbocycles. The zero-order valence-electron chi connectivity index (χ0n) is 17.9. The number of benzene rings is 2. The SMILES string of the molecule is C=C(NC1CCC(Cn2ccc(-c3ccc(C)cc3)n2)CC1)c1cc(C)ccc1Cl. The van der Waals surface area contributed by atoms with Crippen molar-refractivity contribution in [3.8, 4) is 11.3 Å². The third kappa shape index (κ3) is 4.96. The van der Waals surface area contributed by atoms with Crippen molar-refractivity contribution in [3.05, 3.63) is 83.0 Å². The average Bonchev–Trinajstić information content (AvgIpc) is 3.20. The van der Waals surface area contributed by atoms with Crippen molar-refractivity contribution in [3.63, 3.8) is 0 Å². The summed E-state index contributed by atoms with van der Waals surface area (Å²) in [6.07, 6.45) is 6.82. The highest BCUT2D eigenvalue weighted by atomic mass is 35.5. The van der Waals surface area contributed by atoms with Gasteiger partial charge in [-0.1, -0.05) is 59.6 Å². The van der Waals surface area contributed by atoms with E-state index < -0.39 is 0 Å². The van der Waals surface area contributed by atoms with Crippen LogP contribution in [-0.2, 0) is 6.54 Å². The maximum Gasteiger partial charge on any atom is 0.0923 e. The van der Waals surface area contributed by atoms with Gasteiger partial charge in [0.05, 0.1) is 5.69 Å². The summed E-state index contributed by atoms with van der Waals surface area (Å²) in [7, 11) is 0. The van der Waals surface area contributed by atoms with E-state index in [1.54, 1.807) is 0 Å². The van der Waals surface area contributed by atoms with Crippen LogP contribution in [0.1, 0.15) is 42.4 Å². The summed E-state index contributed by atoms with van der Waals surface area (Å²) >= 11 is 6.37. The lowest BCUT2D eigenvalue weighted by molar-refractivity contribution is 0.274. The Bertz CT molecular complexity index is 1010. The third-order valence-electron chi connectivity index (χ3n) is 6.11. The number of halogens is 1. The molecule has 4 rings (SSSR count). The molecule has 1 fully saturated rings. The lowest BCUT2D eigenvalue weighted by Crippen LogP contribution is -2.33. The van der Waals surface area contributed by atoms with Gasteiger partial charge >= 0.3 is 0 Å². The van der Waals surface area contributed by atoms with E-state index in [0.717, 1.165) is 41.4 Å². The number of aryl methyl sites for hydroxylation is 2. The maximum atomic E-state index is 6.37. The Labute approximate surface area is 184 Å². The van der Waals surface area contributed by atoms with Gasteiger partial charge in [0.1, 0.15) is 0 Å².